The van der Waals surface area contributed by atoms with Gasteiger partial charge in [0.25, 0.3) is 0 Å². The third-order valence-electron chi connectivity index (χ3n) is 6.73. The number of pyridine rings is 1. The van der Waals surface area contributed by atoms with Gasteiger partial charge < -0.3 is 15.0 Å². The predicted molar refractivity (Wildman–Crippen MR) is 116 cm³/mol. The van der Waals surface area contributed by atoms with Crippen LogP contribution >= 0.6 is 0 Å². The molecule has 2 aliphatic rings. The maximum Gasteiger partial charge on any atom is 0.192 e. The molecule has 0 amide bonds. The van der Waals surface area contributed by atoms with Gasteiger partial charge in [-0.1, -0.05) is 32.1 Å². The first-order valence-corrected chi connectivity index (χ1v) is 11.4. The van der Waals surface area contributed by atoms with E-state index in [1.165, 1.54) is 38.2 Å². The minimum absolute atomic E-state index is 0.0599. The van der Waals surface area contributed by atoms with Crippen LogP contribution in [0.1, 0.15) is 82.2 Å². The Hall–Kier alpha value is -1.88. The quantitative estimate of drug-likeness (QED) is 0.619. The van der Waals surface area contributed by atoms with E-state index in [1.807, 2.05) is 12.3 Å². The highest BCUT2D eigenvalue weighted by Gasteiger charge is 2.22. The first kappa shape index (κ1) is 20.4. The summed E-state index contributed by atoms with van der Waals surface area (Å²) in [5.41, 5.74) is 2.07. The highest BCUT2D eigenvalue weighted by molar-refractivity contribution is 5.83. The van der Waals surface area contributed by atoms with Crippen molar-refractivity contribution in [3.8, 4) is 0 Å². The Morgan fingerprint density at radius 3 is 2.48 bits per heavy atom. The number of nitrogens with one attached hydrogen (secondary N) is 1. The van der Waals surface area contributed by atoms with Crippen molar-refractivity contribution in [2.75, 3.05) is 11.9 Å². The highest BCUT2D eigenvalue weighted by atomic mass is 19.1. The first-order valence-electron chi connectivity index (χ1n) is 11.4. The standard InChI is InChI=1S/C24H33FN2O2/c25-21-14-20-23(15-22(21)26-18-9-2-1-3-10-18)27(19-11-4-5-12-19)16-17(24(20)29)8-6-7-13-28/h14-16,18-19,26,28H,1-13H2. The lowest BCUT2D eigenvalue weighted by Gasteiger charge is -2.25. The van der Waals surface area contributed by atoms with E-state index in [1.54, 1.807) is 0 Å². The lowest BCUT2D eigenvalue weighted by molar-refractivity contribution is 0.284. The third-order valence-corrected chi connectivity index (χ3v) is 6.73. The fourth-order valence-corrected chi connectivity index (χ4v) is 5.09. The van der Waals surface area contributed by atoms with Crippen LogP contribution in [-0.2, 0) is 6.42 Å². The number of unbranched alkanes of at least 4 members (excludes halogenated alkanes) is 1. The summed E-state index contributed by atoms with van der Waals surface area (Å²) in [5, 5.41) is 13.0. The topological polar surface area (TPSA) is 54.3 Å². The molecule has 5 heteroatoms. The van der Waals surface area contributed by atoms with Gasteiger partial charge in [0.1, 0.15) is 5.82 Å². The van der Waals surface area contributed by atoms with Crippen LogP contribution in [0.5, 0.6) is 0 Å². The fraction of sp³-hybridized carbons (Fsp3) is 0.625. The number of nitrogens with zero attached hydrogens (tertiary/aromatic N) is 1. The van der Waals surface area contributed by atoms with E-state index >= 15 is 0 Å². The molecule has 4 rings (SSSR count). The second kappa shape index (κ2) is 9.29. The number of halogens is 1. The van der Waals surface area contributed by atoms with Crippen LogP contribution in [0.3, 0.4) is 0 Å². The average molecular weight is 401 g/mol. The zero-order valence-electron chi connectivity index (χ0n) is 17.3. The van der Waals surface area contributed by atoms with E-state index in [9.17, 15) is 9.18 Å². The largest absolute Gasteiger partial charge is 0.396 e. The van der Waals surface area contributed by atoms with Crippen LogP contribution in [0, 0.1) is 5.82 Å². The molecule has 0 radical (unpaired) electrons. The second-order valence-corrected chi connectivity index (χ2v) is 8.84. The fourth-order valence-electron chi connectivity index (χ4n) is 5.09. The van der Waals surface area contributed by atoms with Gasteiger partial charge in [0.15, 0.2) is 5.43 Å². The summed E-state index contributed by atoms with van der Waals surface area (Å²) >= 11 is 0. The minimum atomic E-state index is -0.328. The van der Waals surface area contributed by atoms with Crippen molar-refractivity contribution in [2.24, 2.45) is 0 Å². The van der Waals surface area contributed by atoms with Gasteiger partial charge in [0, 0.05) is 35.8 Å². The molecule has 2 aromatic rings. The molecule has 1 heterocycles. The predicted octanol–water partition coefficient (Wildman–Crippen LogP) is 5.32. The van der Waals surface area contributed by atoms with Gasteiger partial charge in [0.05, 0.1) is 11.2 Å². The van der Waals surface area contributed by atoms with E-state index in [4.69, 9.17) is 5.11 Å². The van der Waals surface area contributed by atoms with Gasteiger partial charge in [0.2, 0.25) is 0 Å². The summed E-state index contributed by atoms with van der Waals surface area (Å²) in [4.78, 5) is 13.1. The number of aryl methyl sites for hydroxylation is 1. The summed E-state index contributed by atoms with van der Waals surface area (Å²) in [6.45, 7) is 0.134. The number of hydrogen-bond acceptors (Lipinski definition) is 3. The maximum atomic E-state index is 15.0. The SMILES string of the molecule is O=c1c(CCCCO)cn(C2CCCC2)c2cc(NC3CCCCC3)c(F)cc12. The van der Waals surface area contributed by atoms with E-state index in [-0.39, 0.29) is 17.9 Å². The molecule has 0 saturated heterocycles. The van der Waals surface area contributed by atoms with Gasteiger partial charge in [-0.3, -0.25) is 4.79 Å². The molecule has 0 atom stereocenters. The van der Waals surface area contributed by atoms with E-state index in [0.717, 1.165) is 43.2 Å². The molecule has 2 saturated carbocycles. The summed E-state index contributed by atoms with van der Waals surface area (Å²) in [7, 11) is 0. The molecule has 2 fully saturated rings. The number of fused-ring (bicyclic) bond motifs is 1. The summed E-state index contributed by atoms with van der Waals surface area (Å²) in [5.74, 6) is -0.328. The van der Waals surface area contributed by atoms with Gasteiger partial charge in [-0.2, -0.15) is 0 Å². The number of aromatic nitrogens is 1. The molecule has 29 heavy (non-hydrogen) atoms. The number of rotatable bonds is 7. The Kier molecular flexibility index (Phi) is 6.53. The molecule has 1 aromatic heterocycles. The van der Waals surface area contributed by atoms with Crippen molar-refractivity contribution in [1.82, 2.24) is 4.57 Å². The zero-order valence-corrected chi connectivity index (χ0v) is 17.3. The van der Waals surface area contributed by atoms with Crippen molar-refractivity contribution in [2.45, 2.75) is 89.1 Å². The first-order chi connectivity index (χ1) is 14.2. The molecule has 2 aliphatic carbocycles. The van der Waals surface area contributed by atoms with Crippen molar-refractivity contribution < 1.29 is 9.50 Å². The Morgan fingerprint density at radius 1 is 1.03 bits per heavy atom. The van der Waals surface area contributed by atoms with Crippen molar-refractivity contribution in [1.29, 1.82) is 0 Å². The minimum Gasteiger partial charge on any atom is -0.396 e. The van der Waals surface area contributed by atoms with Crippen LogP contribution in [0.25, 0.3) is 10.9 Å². The summed E-state index contributed by atoms with van der Waals surface area (Å²) in [6, 6.07) is 4.02. The molecule has 4 nitrogen and oxygen atoms in total. The smallest absolute Gasteiger partial charge is 0.192 e. The number of benzene rings is 1. The van der Waals surface area contributed by atoms with Gasteiger partial charge in [-0.15, -0.1) is 0 Å². The van der Waals surface area contributed by atoms with Crippen LogP contribution in [-0.4, -0.2) is 22.3 Å². The Balaban J connectivity index is 1.75. The number of anilines is 1. The number of aliphatic hydroxyl groups excluding tert-OH is 1. The van der Waals surface area contributed by atoms with Crippen molar-refractivity contribution in [3.63, 3.8) is 0 Å². The molecule has 0 unspecified atom stereocenters. The lowest BCUT2D eigenvalue weighted by Crippen LogP contribution is -2.23. The van der Waals surface area contributed by atoms with Gasteiger partial charge in [-0.25, -0.2) is 4.39 Å². The van der Waals surface area contributed by atoms with Crippen molar-refractivity contribution in [3.05, 3.63) is 39.9 Å². The Labute approximate surface area is 172 Å². The van der Waals surface area contributed by atoms with E-state index < -0.39 is 0 Å². The second-order valence-electron chi connectivity index (χ2n) is 8.84. The zero-order chi connectivity index (χ0) is 20.2. The molecule has 0 bridgehead atoms. The number of aliphatic hydroxyl groups is 1. The summed E-state index contributed by atoms with van der Waals surface area (Å²) in [6.07, 6.45) is 14.5. The molecule has 0 aliphatic heterocycles. The maximum absolute atomic E-state index is 15.0. The van der Waals surface area contributed by atoms with Crippen molar-refractivity contribution >= 4 is 16.6 Å². The average Bonchev–Trinajstić information content (AvgIpc) is 3.26. The molecular weight excluding hydrogens is 367 g/mol. The molecule has 158 valence electrons. The molecule has 2 N–H and O–H groups in total. The van der Waals surface area contributed by atoms with Crippen LogP contribution in [0.4, 0.5) is 10.1 Å². The summed E-state index contributed by atoms with van der Waals surface area (Å²) < 4.78 is 17.2. The highest BCUT2D eigenvalue weighted by Crippen LogP contribution is 2.34. The normalized spacial score (nSPS) is 18.6. The molecular formula is C24H33FN2O2. The molecule has 0 spiro atoms. The lowest BCUT2D eigenvalue weighted by atomic mass is 9.95. The van der Waals surface area contributed by atoms with E-state index in [0.29, 0.717) is 36.0 Å². The van der Waals surface area contributed by atoms with E-state index in [2.05, 4.69) is 9.88 Å². The van der Waals surface area contributed by atoms with Crippen LogP contribution in [0.2, 0.25) is 0 Å². The van der Waals surface area contributed by atoms with Crippen LogP contribution < -0.4 is 10.7 Å². The monoisotopic (exact) mass is 400 g/mol. The van der Waals surface area contributed by atoms with Crippen LogP contribution in [0.15, 0.2) is 23.1 Å². The van der Waals surface area contributed by atoms with Gasteiger partial charge in [-0.05, 0) is 57.1 Å². The number of hydrogen-bond donors (Lipinski definition) is 2. The molecule has 1 aromatic carbocycles. The Morgan fingerprint density at radius 2 is 1.76 bits per heavy atom. The Bertz CT molecular complexity index is 896. The van der Waals surface area contributed by atoms with Gasteiger partial charge >= 0.3 is 0 Å². The third kappa shape index (κ3) is 4.50.